The van der Waals surface area contributed by atoms with E-state index in [2.05, 4.69) is 15.5 Å². The normalized spacial score (nSPS) is 10.1. The van der Waals surface area contributed by atoms with Crippen LogP contribution in [0.1, 0.15) is 27.4 Å². The lowest BCUT2D eigenvalue weighted by Gasteiger charge is -2.01. The third kappa shape index (κ3) is 4.00. The van der Waals surface area contributed by atoms with E-state index in [0.29, 0.717) is 23.4 Å². The molecule has 0 unspecified atom stereocenters. The average Bonchev–Trinajstić information content (AvgIpc) is 3.09. The minimum absolute atomic E-state index is 0.0101. The van der Waals surface area contributed by atoms with Crippen LogP contribution < -0.4 is 10.1 Å². The number of anilines is 1. The Labute approximate surface area is 143 Å². The van der Waals surface area contributed by atoms with Crippen molar-refractivity contribution >= 4 is 11.9 Å². The summed E-state index contributed by atoms with van der Waals surface area (Å²) < 4.78 is 10.5. The van der Waals surface area contributed by atoms with E-state index in [1.807, 2.05) is 30.3 Å². The summed E-state index contributed by atoms with van der Waals surface area (Å²) in [6.45, 7) is 0. The first kappa shape index (κ1) is 16.2. The molecule has 0 fully saturated rings. The van der Waals surface area contributed by atoms with E-state index < -0.39 is 5.91 Å². The molecular formula is C18H14N4O3. The van der Waals surface area contributed by atoms with E-state index in [4.69, 9.17) is 14.4 Å². The van der Waals surface area contributed by atoms with Gasteiger partial charge in [-0.1, -0.05) is 23.3 Å². The molecule has 3 rings (SSSR count). The summed E-state index contributed by atoms with van der Waals surface area (Å²) in [6.07, 6.45) is 0.441. The summed E-state index contributed by atoms with van der Waals surface area (Å²) in [7, 11) is 1.61. The molecule has 1 aromatic heterocycles. The molecule has 7 heteroatoms. The lowest BCUT2D eigenvalue weighted by atomic mass is 10.1. The fourth-order valence-electron chi connectivity index (χ4n) is 2.19. The Morgan fingerprint density at radius 3 is 2.76 bits per heavy atom. The van der Waals surface area contributed by atoms with Gasteiger partial charge in [0.05, 0.1) is 25.2 Å². The Morgan fingerprint density at radius 2 is 2.04 bits per heavy atom. The fraction of sp³-hybridized carbons (Fsp3) is 0.111. The Morgan fingerprint density at radius 1 is 1.24 bits per heavy atom. The Kier molecular flexibility index (Phi) is 4.72. The Bertz CT molecular complexity index is 926. The maximum atomic E-state index is 12.2. The molecular weight excluding hydrogens is 320 g/mol. The van der Waals surface area contributed by atoms with Crippen LogP contribution >= 0.6 is 0 Å². The van der Waals surface area contributed by atoms with E-state index in [1.165, 1.54) is 6.07 Å². The van der Waals surface area contributed by atoms with Crippen molar-refractivity contribution in [2.24, 2.45) is 0 Å². The third-order valence-corrected chi connectivity index (χ3v) is 3.46. The zero-order valence-electron chi connectivity index (χ0n) is 13.4. The summed E-state index contributed by atoms with van der Waals surface area (Å²) in [5.74, 6) is 0.727. The van der Waals surface area contributed by atoms with Gasteiger partial charge in [-0.2, -0.15) is 5.26 Å². The van der Waals surface area contributed by atoms with Crippen LogP contribution in [0.25, 0.3) is 0 Å². The van der Waals surface area contributed by atoms with Gasteiger partial charge in [0, 0.05) is 5.56 Å². The highest BCUT2D eigenvalue weighted by molar-refractivity contribution is 6.03. The molecule has 25 heavy (non-hydrogen) atoms. The molecule has 0 spiro atoms. The van der Waals surface area contributed by atoms with Gasteiger partial charge in [-0.05, 0) is 35.9 Å². The van der Waals surface area contributed by atoms with Gasteiger partial charge in [-0.25, -0.2) is 0 Å². The van der Waals surface area contributed by atoms with Crippen LogP contribution in [-0.2, 0) is 6.42 Å². The number of nitrogens with one attached hydrogen (secondary N) is 1. The Balaban J connectivity index is 1.66. The number of hydrogen-bond acceptors (Lipinski definition) is 6. The van der Waals surface area contributed by atoms with Gasteiger partial charge in [0.2, 0.25) is 5.89 Å². The molecule has 1 amide bonds. The van der Waals surface area contributed by atoms with Crippen molar-refractivity contribution in [1.29, 1.82) is 5.26 Å². The van der Waals surface area contributed by atoms with E-state index >= 15 is 0 Å². The SMILES string of the molecule is COc1ccc(Cc2nnc(NC(=O)c3cccc(C#N)c3)o2)cc1. The van der Waals surface area contributed by atoms with Crippen LogP contribution in [0.15, 0.2) is 52.9 Å². The van der Waals surface area contributed by atoms with E-state index in [9.17, 15) is 4.79 Å². The molecule has 0 saturated carbocycles. The molecule has 0 bridgehead atoms. The first-order valence-corrected chi connectivity index (χ1v) is 7.45. The first-order chi connectivity index (χ1) is 12.2. The highest BCUT2D eigenvalue weighted by atomic mass is 16.5. The number of ether oxygens (including phenoxy) is 1. The number of rotatable bonds is 5. The summed E-state index contributed by atoms with van der Waals surface area (Å²) in [5.41, 5.74) is 1.72. The third-order valence-electron chi connectivity index (χ3n) is 3.46. The number of methoxy groups -OCH3 is 1. The highest BCUT2D eigenvalue weighted by Crippen LogP contribution is 2.16. The molecule has 1 heterocycles. The zero-order chi connectivity index (χ0) is 17.6. The number of nitriles is 1. The number of aromatic nitrogens is 2. The summed E-state index contributed by atoms with van der Waals surface area (Å²) >= 11 is 0. The molecule has 0 saturated heterocycles. The second kappa shape index (κ2) is 7.27. The van der Waals surface area contributed by atoms with Crippen LogP contribution in [0, 0.1) is 11.3 Å². The van der Waals surface area contributed by atoms with E-state index in [1.54, 1.807) is 25.3 Å². The number of carbonyl (C=O) groups excluding carboxylic acids is 1. The predicted molar refractivity (Wildman–Crippen MR) is 89.2 cm³/mol. The molecule has 0 radical (unpaired) electrons. The largest absolute Gasteiger partial charge is 0.497 e. The van der Waals surface area contributed by atoms with Gasteiger partial charge >= 0.3 is 6.01 Å². The fourth-order valence-corrected chi connectivity index (χ4v) is 2.19. The number of carbonyl (C=O) groups is 1. The molecule has 3 aromatic rings. The quantitative estimate of drug-likeness (QED) is 0.770. The molecule has 7 nitrogen and oxygen atoms in total. The van der Waals surface area contributed by atoms with Crippen LogP contribution in [0.4, 0.5) is 6.01 Å². The van der Waals surface area contributed by atoms with Crippen molar-refractivity contribution in [1.82, 2.24) is 10.2 Å². The lowest BCUT2D eigenvalue weighted by Crippen LogP contribution is -2.12. The van der Waals surface area contributed by atoms with Crippen LogP contribution in [0.2, 0.25) is 0 Å². The monoisotopic (exact) mass is 334 g/mol. The van der Waals surface area contributed by atoms with Crippen molar-refractivity contribution in [3.63, 3.8) is 0 Å². The van der Waals surface area contributed by atoms with Crippen molar-refractivity contribution in [2.75, 3.05) is 12.4 Å². The maximum absolute atomic E-state index is 12.2. The van der Waals surface area contributed by atoms with E-state index in [0.717, 1.165) is 11.3 Å². The van der Waals surface area contributed by atoms with Gasteiger partial charge in [-0.15, -0.1) is 5.10 Å². The van der Waals surface area contributed by atoms with Gasteiger partial charge in [0.15, 0.2) is 0 Å². The number of benzene rings is 2. The van der Waals surface area contributed by atoms with Gasteiger partial charge in [-0.3, -0.25) is 10.1 Å². The number of amides is 1. The maximum Gasteiger partial charge on any atom is 0.322 e. The van der Waals surface area contributed by atoms with Gasteiger partial charge in [0.1, 0.15) is 5.75 Å². The number of nitrogens with zero attached hydrogens (tertiary/aromatic N) is 3. The summed E-state index contributed by atoms with van der Waals surface area (Å²) in [6, 6.07) is 15.8. The lowest BCUT2D eigenvalue weighted by molar-refractivity contribution is 0.102. The van der Waals surface area contributed by atoms with Crippen molar-refractivity contribution in [3.8, 4) is 11.8 Å². The van der Waals surface area contributed by atoms with Gasteiger partial charge < -0.3 is 9.15 Å². The zero-order valence-corrected chi connectivity index (χ0v) is 13.4. The first-order valence-electron chi connectivity index (χ1n) is 7.45. The van der Waals surface area contributed by atoms with Gasteiger partial charge in [0.25, 0.3) is 5.91 Å². The molecule has 0 atom stereocenters. The van der Waals surface area contributed by atoms with Crippen LogP contribution in [0.5, 0.6) is 5.75 Å². The standard InChI is InChI=1S/C18H14N4O3/c1-24-15-7-5-12(6-8-15)10-16-21-22-18(25-16)20-17(23)14-4-2-3-13(9-14)11-19/h2-9H,10H2,1H3,(H,20,22,23). The average molecular weight is 334 g/mol. The van der Waals surface area contributed by atoms with Crippen LogP contribution in [0.3, 0.4) is 0 Å². The molecule has 0 aliphatic carbocycles. The smallest absolute Gasteiger partial charge is 0.322 e. The Hall–Kier alpha value is -3.66. The van der Waals surface area contributed by atoms with Crippen molar-refractivity contribution in [3.05, 3.63) is 71.1 Å². The summed E-state index contributed by atoms with van der Waals surface area (Å²) in [5, 5.41) is 19.1. The highest BCUT2D eigenvalue weighted by Gasteiger charge is 2.12. The molecule has 0 aliphatic rings. The molecule has 1 N–H and O–H groups in total. The topological polar surface area (TPSA) is 101 Å². The minimum Gasteiger partial charge on any atom is -0.497 e. The predicted octanol–water partition coefficient (Wildman–Crippen LogP) is 2.79. The van der Waals surface area contributed by atoms with E-state index in [-0.39, 0.29) is 6.01 Å². The second-order valence-corrected chi connectivity index (χ2v) is 5.17. The van der Waals surface area contributed by atoms with Crippen LogP contribution in [-0.4, -0.2) is 23.2 Å². The van der Waals surface area contributed by atoms with Crippen molar-refractivity contribution < 1.29 is 13.9 Å². The molecule has 124 valence electrons. The minimum atomic E-state index is -0.420. The summed E-state index contributed by atoms with van der Waals surface area (Å²) in [4.78, 5) is 12.2. The number of hydrogen-bond donors (Lipinski definition) is 1. The second-order valence-electron chi connectivity index (χ2n) is 5.17. The van der Waals surface area contributed by atoms with Crippen molar-refractivity contribution in [2.45, 2.75) is 6.42 Å². The molecule has 0 aliphatic heterocycles. The molecule has 2 aromatic carbocycles.